The lowest BCUT2D eigenvalue weighted by Gasteiger charge is -2.34. The van der Waals surface area contributed by atoms with Crippen molar-refractivity contribution in [3.8, 4) is 0 Å². The number of piperazine rings is 1. The van der Waals surface area contributed by atoms with Crippen LogP contribution in [0.1, 0.15) is 28.2 Å². The van der Waals surface area contributed by atoms with Crippen LogP contribution in [0.2, 0.25) is 0 Å². The molecule has 3 heterocycles. The lowest BCUT2D eigenvalue weighted by molar-refractivity contribution is 0.0930. The van der Waals surface area contributed by atoms with Crippen LogP contribution in [0.4, 0.5) is 0 Å². The molecule has 1 atom stereocenters. The molecule has 0 bridgehead atoms. The van der Waals surface area contributed by atoms with E-state index in [0.717, 1.165) is 64.3 Å². The highest BCUT2D eigenvalue weighted by molar-refractivity contribution is 5.92. The molecule has 1 fully saturated rings. The first-order valence-electron chi connectivity index (χ1n) is 10.6. The molecule has 156 valence electrons. The van der Waals surface area contributed by atoms with Gasteiger partial charge in [-0.1, -0.05) is 30.3 Å². The molecule has 2 aromatic rings. The van der Waals surface area contributed by atoms with Gasteiger partial charge in [0, 0.05) is 58.5 Å². The Kier molecular flexibility index (Phi) is 6.59. The van der Waals surface area contributed by atoms with E-state index in [-0.39, 0.29) is 12.0 Å². The minimum absolute atomic E-state index is 0.0754. The van der Waals surface area contributed by atoms with Crippen LogP contribution in [-0.2, 0) is 24.2 Å². The highest BCUT2D eigenvalue weighted by Gasteiger charge is 2.24. The van der Waals surface area contributed by atoms with Gasteiger partial charge in [0.2, 0.25) is 0 Å². The van der Waals surface area contributed by atoms with Gasteiger partial charge < -0.3 is 15.0 Å². The molecule has 2 aliphatic heterocycles. The van der Waals surface area contributed by atoms with Crippen LogP contribution in [0.25, 0.3) is 0 Å². The Morgan fingerprint density at radius 3 is 2.66 bits per heavy atom. The summed E-state index contributed by atoms with van der Waals surface area (Å²) in [4.78, 5) is 17.3. The van der Waals surface area contributed by atoms with Gasteiger partial charge >= 0.3 is 0 Å². The highest BCUT2D eigenvalue weighted by atomic mass is 16.5. The third kappa shape index (κ3) is 5.23. The zero-order valence-corrected chi connectivity index (χ0v) is 17.2. The van der Waals surface area contributed by atoms with Gasteiger partial charge in [0.1, 0.15) is 5.69 Å². The molecule has 0 saturated carbocycles. The summed E-state index contributed by atoms with van der Waals surface area (Å²) in [6, 6.07) is 12.6. The summed E-state index contributed by atoms with van der Waals surface area (Å²) in [6.07, 6.45) is 1.97. The first-order valence-corrected chi connectivity index (χ1v) is 10.6. The molecule has 0 spiro atoms. The van der Waals surface area contributed by atoms with Crippen molar-refractivity contribution in [3.63, 3.8) is 0 Å². The Bertz CT molecular complexity index is 775. The standard InChI is InChI=1S/C22H31N5O2/c1-29-20-14-19-15-21(24-27(19)17-20)22(28)23-8-5-9-25-10-12-26(13-11-25)16-18-6-3-2-4-7-18/h2-4,6-7,15,20H,5,8-14,16-17H2,1H3,(H,23,28)/t20-/m0/s1. The molecule has 1 aromatic carbocycles. The number of amides is 1. The van der Waals surface area contributed by atoms with Crippen LogP contribution < -0.4 is 5.32 Å². The Morgan fingerprint density at radius 1 is 1.17 bits per heavy atom. The van der Waals surface area contributed by atoms with Crippen molar-refractivity contribution in [1.29, 1.82) is 0 Å². The maximum atomic E-state index is 12.3. The average Bonchev–Trinajstić information content (AvgIpc) is 3.32. The average molecular weight is 398 g/mol. The molecule has 0 radical (unpaired) electrons. The monoisotopic (exact) mass is 397 g/mol. The SMILES string of the molecule is CO[C@H]1Cc2cc(C(=O)NCCCN3CCN(Cc4ccccc4)CC3)nn2C1. The molecule has 1 saturated heterocycles. The summed E-state index contributed by atoms with van der Waals surface area (Å²) >= 11 is 0. The summed E-state index contributed by atoms with van der Waals surface area (Å²) in [7, 11) is 1.72. The van der Waals surface area contributed by atoms with Gasteiger partial charge in [-0.25, -0.2) is 0 Å². The molecule has 2 aliphatic rings. The zero-order chi connectivity index (χ0) is 20.1. The van der Waals surface area contributed by atoms with Crippen LogP contribution in [-0.4, -0.2) is 78.0 Å². The van der Waals surface area contributed by atoms with Gasteiger partial charge in [-0.3, -0.25) is 14.4 Å². The number of ether oxygens (including phenoxy) is 1. The van der Waals surface area contributed by atoms with E-state index in [0.29, 0.717) is 12.2 Å². The second kappa shape index (κ2) is 9.52. The molecule has 7 heteroatoms. The fraction of sp³-hybridized carbons (Fsp3) is 0.545. The first-order chi connectivity index (χ1) is 14.2. The van der Waals surface area contributed by atoms with E-state index in [4.69, 9.17) is 4.74 Å². The third-order valence-electron chi connectivity index (χ3n) is 5.89. The Morgan fingerprint density at radius 2 is 1.93 bits per heavy atom. The van der Waals surface area contributed by atoms with Gasteiger partial charge in [0.05, 0.1) is 12.6 Å². The molecule has 1 amide bonds. The maximum Gasteiger partial charge on any atom is 0.271 e. The zero-order valence-electron chi connectivity index (χ0n) is 17.2. The van der Waals surface area contributed by atoms with Crippen LogP contribution >= 0.6 is 0 Å². The van der Waals surface area contributed by atoms with E-state index in [2.05, 4.69) is 50.5 Å². The van der Waals surface area contributed by atoms with Gasteiger partial charge in [-0.2, -0.15) is 5.10 Å². The number of carbonyl (C=O) groups excluding carboxylic acids is 1. The topological polar surface area (TPSA) is 62.6 Å². The fourth-order valence-electron chi connectivity index (χ4n) is 4.15. The minimum atomic E-state index is -0.0754. The van der Waals surface area contributed by atoms with Crippen molar-refractivity contribution in [2.75, 3.05) is 46.4 Å². The van der Waals surface area contributed by atoms with Crippen molar-refractivity contribution >= 4 is 5.91 Å². The van der Waals surface area contributed by atoms with E-state index in [1.54, 1.807) is 7.11 Å². The van der Waals surface area contributed by atoms with Gasteiger partial charge in [0.15, 0.2) is 0 Å². The summed E-state index contributed by atoms with van der Waals surface area (Å²) in [5.74, 6) is -0.0754. The van der Waals surface area contributed by atoms with E-state index in [9.17, 15) is 4.79 Å². The summed E-state index contributed by atoms with van der Waals surface area (Å²) in [6.45, 7) is 7.86. The van der Waals surface area contributed by atoms with Crippen LogP contribution in [0, 0.1) is 0 Å². The van der Waals surface area contributed by atoms with E-state index in [1.165, 1.54) is 5.56 Å². The molecular formula is C22H31N5O2. The number of hydrogen-bond acceptors (Lipinski definition) is 5. The molecule has 7 nitrogen and oxygen atoms in total. The lowest BCUT2D eigenvalue weighted by atomic mass is 10.2. The Balaban J connectivity index is 1.12. The number of nitrogens with zero attached hydrogens (tertiary/aromatic N) is 4. The van der Waals surface area contributed by atoms with Crippen molar-refractivity contribution in [1.82, 2.24) is 24.9 Å². The van der Waals surface area contributed by atoms with Gasteiger partial charge in [0.25, 0.3) is 5.91 Å². The van der Waals surface area contributed by atoms with Crippen molar-refractivity contribution in [2.45, 2.75) is 32.0 Å². The molecule has 29 heavy (non-hydrogen) atoms. The summed E-state index contributed by atoms with van der Waals surface area (Å²) in [5.41, 5.74) is 2.98. The quantitative estimate of drug-likeness (QED) is 0.682. The van der Waals surface area contributed by atoms with Crippen LogP contribution in [0.3, 0.4) is 0 Å². The number of hydrogen-bond donors (Lipinski definition) is 1. The number of rotatable bonds is 8. The van der Waals surface area contributed by atoms with E-state index in [1.807, 2.05) is 10.7 Å². The third-order valence-corrected chi connectivity index (χ3v) is 5.89. The van der Waals surface area contributed by atoms with Gasteiger partial charge in [-0.05, 0) is 24.6 Å². The van der Waals surface area contributed by atoms with E-state index < -0.39 is 0 Å². The number of fused-ring (bicyclic) bond motifs is 1. The molecule has 1 aromatic heterocycles. The van der Waals surface area contributed by atoms with Crippen molar-refractivity contribution in [3.05, 3.63) is 53.3 Å². The fourth-order valence-corrected chi connectivity index (χ4v) is 4.15. The lowest BCUT2D eigenvalue weighted by Crippen LogP contribution is -2.46. The maximum absolute atomic E-state index is 12.3. The largest absolute Gasteiger partial charge is 0.379 e. The Hall–Kier alpha value is -2.22. The second-order valence-electron chi connectivity index (χ2n) is 7.98. The molecule has 0 aliphatic carbocycles. The highest BCUT2D eigenvalue weighted by Crippen LogP contribution is 2.17. The first kappa shape index (κ1) is 20.1. The summed E-state index contributed by atoms with van der Waals surface area (Å²) in [5, 5.41) is 7.42. The second-order valence-corrected chi connectivity index (χ2v) is 7.98. The predicted molar refractivity (Wildman–Crippen MR) is 112 cm³/mol. The minimum Gasteiger partial charge on any atom is -0.379 e. The Labute approximate surface area is 172 Å². The van der Waals surface area contributed by atoms with Crippen LogP contribution in [0.5, 0.6) is 0 Å². The molecule has 0 unspecified atom stereocenters. The number of carbonyl (C=O) groups is 1. The van der Waals surface area contributed by atoms with Crippen LogP contribution in [0.15, 0.2) is 36.4 Å². The normalized spacial score (nSPS) is 20.0. The van der Waals surface area contributed by atoms with Gasteiger partial charge in [-0.15, -0.1) is 0 Å². The number of nitrogens with one attached hydrogen (secondary N) is 1. The number of aromatic nitrogens is 2. The predicted octanol–water partition coefficient (Wildman–Crippen LogP) is 1.39. The van der Waals surface area contributed by atoms with E-state index >= 15 is 0 Å². The summed E-state index contributed by atoms with van der Waals surface area (Å²) < 4.78 is 7.24. The number of benzene rings is 1. The van der Waals surface area contributed by atoms with Crippen molar-refractivity contribution in [2.24, 2.45) is 0 Å². The number of methoxy groups -OCH3 is 1. The molecule has 1 N–H and O–H groups in total. The molecular weight excluding hydrogens is 366 g/mol. The van der Waals surface area contributed by atoms with Crippen molar-refractivity contribution < 1.29 is 9.53 Å². The smallest absolute Gasteiger partial charge is 0.271 e. The molecule has 4 rings (SSSR count).